The number of halogens is 1. The number of carbonyl (C=O) groups excluding carboxylic acids is 1. The lowest BCUT2D eigenvalue weighted by Crippen LogP contribution is -2.44. The predicted octanol–water partition coefficient (Wildman–Crippen LogP) is 2.67. The molecule has 1 atom stereocenters. The summed E-state index contributed by atoms with van der Waals surface area (Å²) in [7, 11) is 0. The minimum absolute atomic E-state index is 0. The van der Waals surface area contributed by atoms with Crippen molar-refractivity contribution in [2.75, 3.05) is 31.5 Å². The molecule has 0 saturated heterocycles. The number of aliphatic imine (C=N–C) groups is 1. The minimum atomic E-state index is 0. The van der Waals surface area contributed by atoms with E-state index in [0.717, 1.165) is 36.8 Å². The molecule has 1 aliphatic heterocycles. The van der Waals surface area contributed by atoms with Gasteiger partial charge in [0, 0.05) is 43.2 Å². The minimum Gasteiger partial charge on any atom is -0.357 e. The van der Waals surface area contributed by atoms with Crippen molar-refractivity contribution in [2.24, 2.45) is 4.99 Å². The molecule has 0 bridgehead atoms. The van der Waals surface area contributed by atoms with E-state index in [-0.39, 0.29) is 41.3 Å². The largest absolute Gasteiger partial charge is 0.357 e. The quantitative estimate of drug-likeness (QED) is 0.222. The molecular formula is C19H32IN5O. The van der Waals surface area contributed by atoms with Crippen molar-refractivity contribution < 1.29 is 4.79 Å². The van der Waals surface area contributed by atoms with Crippen molar-refractivity contribution in [3.05, 3.63) is 29.8 Å². The second-order valence-electron chi connectivity index (χ2n) is 7.36. The maximum absolute atomic E-state index is 11.9. The molecule has 7 heteroatoms. The Kier molecular flexibility index (Phi) is 9.35. The van der Waals surface area contributed by atoms with Gasteiger partial charge in [-0.2, -0.15) is 0 Å². The third kappa shape index (κ3) is 7.49. The van der Waals surface area contributed by atoms with E-state index in [1.165, 1.54) is 0 Å². The number of hydrogen-bond acceptors (Lipinski definition) is 3. The topological polar surface area (TPSA) is 77.5 Å². The number of nitrogens with one attached hydrogen (secondary N) is 4. The fourth-order valence-electron chi connectivity index (χ4n) is 2.83. The summed E-state index contributed by atoms with van der Waals surface area (Å²) in [6.45, 7) is 11.6. The van der Waals surface area contributed by atoms with Crippen LogP contribution in [0.25, 0.3) is 0 Å². The Labute approximate surface area is 174 Å². The van der Waals surface area contributed by atoms with Gasteiger partial charge < -0.3 is 21.3 Å². The van der Waals surface area contributed by atoms with Gasteiger partial charge in [-0.3, -0.25) is 9.79 Å². The Bertz CT molecular complexity index is 612. The first-order valence-electron chi connectivity index (χ1n) is 9.05. The molecule has 1 aliphatic rings. The number of hydrogen-bond donors (Lipinski definition) is 4. The van der Waals surface area contributed by atoms with Crippen LogP contribution in [-0.4, -0.2) is 43.6 Å². The molecule has 1 aromatic rings. The number of carbonyl (C=O) groups is 1. The fourth-order valence-corrected chi connectivity index (χ4v) is 2.83. The average Bonchev–Trinajstić information content (AvgIpc) is 2.55. The number of fused-ring (bicyclic) bond motifs is 1. The first-order chi connectivity index (χ1) is 11.9. The van der Waals surface area contributed by atoms with Gasteiger partial charge in [-0.25, -0.2) is 0 Å². The van der Waals surface area contributed by atoms with Gasteiger partial charge in [0.25, 0.3) is 0 Å². The van der Waals surface area contributed by atoms with Gasteiger partial charge in [-0.15, -0.1) is 24.0 Å². The molecule has 2 rings (SSSR count). The summed E-state index contributed by atoms with van der Waals surface area (Å²) in [4.78, 5) is 16.6. The Morgan fingerprint density at radius 1 is 1.23 bits per heavy atom. The molecule has 0 saturated carbocycles. The zero-order chi connectivity index (χ0) is 18.3. The number of para-hydroxylation sites is 1. The lowest BCUT2D eigenvalue weighted by Gasteiger charge is -2.25. The van der Waals surface area contributed by atoms with Crippen LogP contribution < -0.4 is 21.3 Å². The number of amides is 1. The molecule has 4 N–H and O–H groups in total. The number of guanidine groups is 1. The van der Waals surface area contributed by atoms with Crippen LogP contribution in [-0.2, 0) is 4.79 Å². The lowest BCUT2D eigenvalue weighted by molar-refractivity contribution is -0.116. The molecule has 0 spiro atoms. The van der Waals surface area contributed by atoms with E-state index < -0.39 is 0 Å². The summed E-state index contributed by atoms with van der Waals surface area (Å²) < 4.78 is 0. The van der Waals surface area contributed by atoms with Gasteiger partial charge in [0.1, 0.15) is 0 Å². The monoisotopic (exact) mass is 473 g/mol. The summed E-state index contributed by atoms with van der Waals surface area (Å²) in [5.41, 5.74) is 2.18. The number of anilines is 1. The molecule has 0 aliphatic carbocycles. The summed E-state index contributed by atoms with van der Waals surface area (Å²) in [5.74, 6) is 0.973. The molecule has 1 amide bonds. The van der Waals surface area contributed by atoms with Gasteiger partial charge in [-0.05, 0) is 39.3 Å². The zero-order valence-corrected chi connectivity index (χ0v) is 18.5. The van der Waals surface area contributed by atoms with Gasteiger partial charge >= 0.3 is 0 Å². The highest BCUT2D eigenvalue weighted by molar-refractivity contribution is 14.0. The SMILES string of the molecule is CCNC(=NCC1CC(=O)Nc2ccccc21)NCCNC(C)(C)C.I. The zero-order valence-electron chi connectivity index (χ0n) is 16.2. The second-order valence-corrected chi connectivity index (χ2v) is 7.36. The molecule has 0 radical (unpaired) electrons. The van der Waals surface area contributed by atoms with Crippen molar-refractivity contribution in [2.45, 2.75) is 45.6 Å². The molecule has 1 unspecified atom stereocenters. The predicted molar refractivity (Wildman–Crippen MR) is 120 cm³/mol. The fraction of sp³-hybridized carbons (Fsp3) is 0.579. The van der Waals surface area contributed by atoms with Crippen molar-refractivity contribution in [1.29, 1.82) is 0 Å². The smallest absolute Gasteiger partial charge is 0.225 e. The Morgan fingerprint density at radius 3 is 2.65 bits per heavy atom. The number of rotatable bonds is 6. The standard InChI is InChI=1S/C19H31N5O.HI/c1-5-20-18(21-10-11-23-19(2,3)4)22-13-14-12-17(25)24-16-9-7-6-8-15(14)16;/h6-9,14,23H,5,10-13H2,1-4H3,(H,24,25)(H2,20,21,22);1H. The van der Waals surface area contributed by atoms with Crippen LogP contribution in [0, 0.1) is 0 Å². The molecule has 1 heterocycles. The summed E-state index contributed by atoms with van der Waals surface area (Å²) >= 11 is 0. The van der Waals surface area contributed by atoms with Crippen LogP contribution in [0.2, 0.25) is 0 Å². The number of benzene rings is 1. The summed E-state index contributed by atoms with van der Waals surface area (Å²) in [5, 5.41) is 13.0. The van der Waals surface area contributed by atoms with E-state index >= 15 is 0 Å². The van der Waals surface area contributed by atoms with E-state index in [2.05, 4.69) is 48.1 Å². The Morgan fingerprint density at radius 2 is 1.96 bits per heavy atom. The molecule has 0 fully saturated rings. The molecule has 0 aromatic heterocycles. The summed E-state index contributed by atoms with van der Waals surface area (Å²) in [6, 6.07) is 7.97. The maximum atomic E-state index is 11.9. The van der Waals surface area contributed by atoms with E-state index in [4.69, 9.17) is 4.99 Å². The highest BCUT2D eigenvalue weighted by Gasteiger charge is 2.24. The van der Waals surface area contributed by atoms with Crippen molar-refractivity contribution in [3.8, 4) is 0 Å². The van der Waals surface area contributed by atoms with Crippen molar-refractivity contribution >= 4 is 41.5 Å². The molecular weight excluding hydrogens is 441 g/mol. The third-order valence-corrected chi connectivity index (χ3v) is 3.99. The van der Waals surface area contributed by atoms with Crippen LogP contribution >= 0.6 is 24.0 Å². The molecule has 26 heavy (non-hydrogen) atoms. The number of nitrogens with zero attached hydrogens (tertiary/aromatic N) is 1. The third-order valence-electron chi connectivity index (χ3n) is 3.99. The van der Waals surface area contributed by atoms with Gasteiger partial charge in [0.2, 0.25) is 5.91 Å². The highest BCUT2D eigenvalue weighted by atomic mass is 127. The average molecular weight is 473 g/mol. The Balaban J connectivity index is 0.00000338. The maximum Gasteiger partial charge on any atom is 0.225 e. The lowest BCUT2D eigenvalue weighted by atomic mass is 9.91. The first kappa shape index (κ1) is 22.7. The van der Waals surface area contributed by atoms with E-state index in [1.54, 1.807) is 0 Å². The highest BCUT2D eigenvalue weighted by Crippen LogP contribution is 2.31. The van der Waals surface area contributed by atoms with Gasteiger partial charge in [0.15, 0.2) is 5.96 Å². The van der Waals surface area contributed by atoms with Crippen LogP contribution in [0.5, 0.6) is 0 Å². The van der Waals surface area contributed by atoms with Crippen molar-refractivity contribution in [1.82, 2.24) is 16.0 Å². The summed E-state index contributed by atoms with van der Waals surface area (Å²) in [6.07, 6.45) is 0.478. The second kappa shape index (κ2) is 10.7. The molecule has 146 valence electrons. The van der Waals surface area contributed by atoms with E-state index in [9.17, 15) is 4.79 Å². The molecule has 6 nitrogen and oxygen atoms in total. The van der Waals surface area contributed by atoms with Crippen LogP contribution in [0.15, 0.2) is 29.3 Å². The van der Waals surface area contributed by atoms with E-state index in [0.29, 0.717) is 13.0 Å². The normalized spacial score (nSPS) is 17.0. The van der Waals surface area contributed by atoms with Crippen molar-refractivity contribution in [3.63, 3.8) is 0 Å². The first-order valence-corrected chi connectivity index (χ1v) is 9.05. The van der Waals surface area contributed by atoms with Crippen LogP contribution in [0.3, 0.4) is 0 Å². The van der Waals surface area contributed by atoms with Crippen LogP contribution in [0.1, 0.15) is 45.6 Å². The van der Waals surface area contributed by atoms with Gasteiger partial charge in [-0.1, -0.05) is 18.2 Å². The van der Waals surface area contributed by atoms with Crippen LogP contribution in [0.4, 0.5) is 5.69 Å². The van der Waals surface area contributed by atoms with Gasteiger partial charge in [0.05, 0.1) is 6.54 Å². The molecule has 1 aromatic carbocycles. The van der Waals surface area contributed by atoms with E-state index in [1.807, 2.05) is 25.1 Å². The Hall–Kier alpha value is -1.35.